The van der Waals surface area contributed by atoms with Gasteiger partial charge >= 0.3 is 5.97 Å². The smallest absolute Gasteiger partial charge is 0.335 e. The molecule has 5 nitrogen and oxygen atoms in total. The predicted molar refractivity (Wildman–Crippen MR) is 73.7 cm³/mol. The number of aliphatic hydroxyl groups excluding tert-OH is 1. The van der Waals surface area contributed by atoms with Crippen molar-refractivity contribution in [3.63, 3.8) is 0 Å². The topological polar surface area (TPSA) is 86.6 Å². The van der Waals surface area contributed by atoms with Gasteiger partial charge in [-0.3, -0.25) is 4.79 Å². The van der Waals surface area contributed by atoms with E-state index >= 15 is 0 Å². The fourth-order valence-electron chi connectivity index (χ4n) is 2.52. The maximum absolute atomic E-state index is 11.9. The van der Waals surface area contributed by atoms with E-state index in [1.807, 2.05) is 0 Å². The molecule has 0 bridgehead atoms. The summed E-state index contributed by atoms with van der Waals surface area (Å²) in [7, 11) is 0. The van der Waals surface area contributed by atoms with Gasteiger partial charge in [-0.15, -0.1) is 0 Å². The first kappa shape index (κ1) is 14.5. The van der Waals surface area contributed by atoms with Crippen LogP contribution in [0.4, 0.5) is 0 Å². The van der Waals surface area contributed by atoms with Crippen LogP contribution in [0.15, 0.2) is 24.3 Å². The Morgan fingerprint density at radius 3 is 2.30 bits per heavy atom. The molecule has 0 spiro atoms. The lowest BCUT2D eigenvalue weighted by molar-refractivity contribution is 0.0660. The SMILES string of the molecule is O=C(O)c1ccc(C(=O)NC[C@H]2CCCC[C@H]2O)cc1. The summed E-state index contributed by atoms with van der Waals surface area (Å²) in [6.07, 6.45) is 3.53. The van der Waals surface area contributed by atoms with Crippen LogP contribution in [0.1, 0.15) is 46.4 Å². The molecule has 0 unspecified atom stereocenters. The van der Waals surface area contributed by atoms with Gasteiger partial charge in [0.2, 0.25) is 0 Å². The van der Waals surface area contributed by atoms with Crippen molar-refractivity contribution in [2.24, 2.45) is 5.92 Å². The number of hydrogen-bond acceptors (Lipinski definition) is 3. The minimum Gasteiger partial charge on any atom is -0.478 e. The average molecular weight is 277 g/mol. The minimum absolute atomic E-state index is 0.117. The molecule has 3 N–H and O–H groups in total. The summed E-state index contributed by atoms with van der Waals surface area (Å²) in [5.74, 6) is -1.13. The number of benzene rings is 1. The van der Waals surface area contributed by atoms with E-state index in [1.165, 1.54) is 24.3 Å². The lowest BCUT2D eigenvalue weighted by Gasteiger charge is -2.27. The van der Waals surface area contributed by atoms with E-state index < -0.39 is 5.97 Å². The molecule has 1 saturated carbocycles. The van der Waals surface area contributed by atoms with Crippen molar-refractivity contribution >= 4 is 11.9 Å². The first-order valence-corrected chi connectivity index (χ1v) is 6.87. The molecule has 0 radical (unpaired) electrons. The van der Waals surface area contributed by atoms with Crippen molar-refractivity contribution < 1.29 is 19.8 Å². The molecule has 2 rings (SSSR count). The number of rotatable bonds is 4. The second-order valence-electron chi connectivity index (χ2n) is 5.20. The zero-order valence-corrected chi connectivity index (χ0v) is 11.2. The third-order valence-electron chi connectivity index (χ3n) is 3.79. The molecular weight excluding hydrogens is 258 g/mol. The van der Waals surface area contributed by atoms with E-state index in [9.17, 15) is 14.7 Å². The van der Waals surface area contributed by atoms with E-state index in [1.54, 1.807) is 0 Å². The Morgan fingerprint density at radius 1 is 1.10 bits per heavy atom. The van der Waals surface area contributed by atoms with E-state index in [4.69, 9.17) is 5.11 Å². The number of aliphatic hydroxyl groups is 1. The Bertz CT molecular complexity index is 483. The van der Waals surface area contributed by atoms with Crippen molar-refractivity contribution in [3.05, 3.63) is 35.4 Å². The fraction of sp³-hybridized carbons (Fsp3) is 0.467. The van der Waals surface area contributed by atoms with Gasteiger partial charge in [-0.05, 0) is 37.1 Å². The van der Waals surface area contributed by atoms with Crippen molar-refractivity contribution in [3.8, 4) is 0 Å². The molecule has 0 heterocycles. The van der Waals surface area contributed by atoms with Crippen LogP contribution in [0.25, 0.3) is 0 Å². The highest BCUT2D eigenvalue weighted by atomic mass is 16.4. The average Bonchev–Trinajstić information content (AvgIpc) is 2.46. The van der Waals surface area contributed by atoms with Gasteiger partial charge in [-0.25, -0.2) is 4.79 Å². The second-order valence-corrected chi connectivity index (χ2v) is 5.20. The van der Waals surface area contributed by atoms with Gasteiger partial charge in [0, 0.05) is 18.0 Å². The first-order valence-electron chi connectivity index (χ1n) is 6.87. The molecular formula is C15H19NO4. The molecule has 0 aromatic heterocycles. The standard InChI is InChI=1S/C15H19NO4/c17-13-4-2-1-3-12(13)9-16-14(18)10-5-7-11(8-6-10)15(19)20/h5-8,12-13,17H,1-4,9H2,(H,16,18)(H,19,20)/t12-,13-/m1/s1. The predicted octanol–water partition coefficient (Wildman–Crippen LogP) is 1.67. The molecule has 1 aliphatic rings. The van der Waals surface area contributed by atoms with Crippen molar-refractivity contribution in [2.75, 3.05) is 6.54 Å². The van der Waals surface area contributed by atoms with Crippen molar-refractivity contribution in [2.45, 2.75) is 31.8 Å². The number of carboxylic acids is 1. The zero-order chi connectivity index (χ0) is 14.5. The Kier molecular flexibility index (Phi) is 4.74. The molecule has 1 amide bonds. The normalized spacial score (nSPS) is 22.2. The molecule has 1 fully saturated rings. The number of hydrogen-bond donors (Lipinski definition) is 3. The third kappa shape index (κ3) is 3.57. The van der Waals surface area contributed by atoms with Crippen LogP contribution in [-0.2, 0) is 0 Å². The maximum Gasteiger partial charge on any atom is 0.335 e. The zero-order valence-electron chi connectivity index (χ0n) is 11.2. The van der Waals surface area contributed by atoms with Gasteiger partial charge in [-0.2, -0.15) is 0 Å². The quantitative estimate of drug-likeness (QED) is 0.781. The number of nitrogens with one attached hydrogen (secondary N) is 1. The molecule has 1 aromatic rings. The van der Waals surface area contributed by atoms with E-state index in [-0.39, 0.29) is 23.5 Å². The summed E-state index contributed by atoms with van der Waals surface area (Å²) in [6, 6.07) is 5.81. The summed E-state index contributed by atoms with van der Waals surface area (Å²) in [4.78, 5) is 22.7. The van der Waals surface area contributed by atoms with Gasteiger partial charge in [-0.1, -0.05) is 12.8 Å². The van der Waals surface area contributed by atoms with Gasteiger partial charge < -0.3 is 15.5 Å². The monoisotopic (exact) mass is 277 g/mol. The summed E-state index contributed by atoms with van der Waals surface area (Å²) in [5, 5.41) is 21.4. The molecule has 1 aliphatic carbocycles. The van der Waals surface area contributed by atoms with Crippen LogP contribution in [0.5, 0.6) is 0 Å². The highest BCUT2D eigenvalue weighted by molar-refractivity contribution is 5.95. The van der Waals surface area contributed by atoms with Gasteiger partial charge in [0.1, 0.15) is 0 Å². The van der Waals surface area contributed by atoms with E-state index in [0.29, 0.717) is 12.1 Å². The fourth-order valence-corrected chi connectivity index (χ4v) is 2.52. The first-order chi connectivity index (χ1) is 9.58. The summed E-state index contributed by atoms with van der Waals surface area (Å²) >= 11 is 0. The Hall–Kier alpha value is -1.88. The number of carbonyl (C=O) groups excluding carboxylic acids is 1. The van der Waals surface area contributed by atoms with Gasteiger partial charge in [0.15, 0.2) is 0 Å². The van der Waals surface area contributed by atoms with Gasteiger partial charge in [0.05, 0.1) is 11.7 Å². The minimum atomic E-state index is -1.01. The van der Waals surface area contributed by atoms with Crippen LogP contribution in [0, 0.1) is 5.92 Å². The van der Waals surface area contributed by atoms with Crippen LogP contribution in [0.2, 0.25) is 0 Å². The molecule has 2 atom stereocenters. The van der Waals surface area contributed by atoms with Crippen molar-refractivity contribution in [1.29, 1.82) is 0 Å². The highest BCUT2D eigenvalue weighted by Gasteiger charge is 2.23. The van der Waals surface area contributed by atoms with Crippen molar-refractivity contribution in [1.82, 2.24) is 5.32 Å². The Balaban J connectivity index is 1.89. The van der Waals surface area contributed by atoms with E-state index in [0.717, 1.165) is 25.7 Å². The number of carboxylic acid groups (broad SMARTS) is 1. The van der Waals surface area contributed by atoms with Crippen LogP contribution >= 0.6 is 0 Å². The number of amides is 1. The van der Waals surface area contributed by atoms with E-state index in [2.05, 4.69) is 5.32 Å². The molecule has 0 saturated heterocycles. The largest absolute Gasteiger partial charge is 0.478 e. The summed E-state index contributed by atoms with van der Waals surface area (Å²) in [5.41, 5.74) is 0.588. The lowest BCUT2D eigenvalue weighted by atomic mass is 9.86. The molecule has 1 aromatic carbocycles. The summed E-state index contributed by atoms with van der Waals surface area (Å²) in [6.45, 7) is 0.459. The molecule has 5 heteroatoms. The molecule has 108 valence electrons. The van der Waals surface area contributed by atoms with Gasteiger partial charge in [0.25, 0.3) is 5.91 Å². The molecule has 0 aliphatic heterocycles. The van der Waals surface area contributed by atoms with Crippen LogP contribution in [0.3, 0.4) is 0 Å². The third-order valence-corrected chi connectivity index (χ3v) is 3.79. The number of carbonyl (C=O) groups is 2. The lowest BCUT2D eigenvalue weighted by Crippen LogP contribution is -2.36. The summed E-state index contributed by atoms with van der Waals surface area (Å²) < 4.78 is 0. The second kappa shape index (κ2) is 6.52. The highest BCUT2D eigenvalue weighted by Crippen LogP contribution is 2.23. The number of aromatic carboxylic acids is 1. The Labute approximate surface area is 117 Å². The Morgan fingerprint density at radius 2 is 1.70 bits per heavy atom. The van der Waals surface area contributed by atoms with Crippen LogP contribution in [-0.4, -0.2) is 34.7 Å². The molecule has 20 heavy (non-hydrogen) atoms. The maximum atomic E-state index is 11.9. The van der Waals surface area contributed by atoms with Crippen LogP contribution < -0.4 is 5.32 Å².